The molecule has 1 heterocycles. The molecule has 248 valence electrons. The Balaban J connectivity index is 1.46. The number of aliphatic hydroxyl groups excluding tert-OH is 4. The number of aryl methyl sites for hydroxylation is 2. The van der Waals surface area contributed by atoms with Gasteiger partial charge in [0, 0.05) is 6.42 Å². The van der Waals surface area contributed by atoms with Crippen LogP contribution < -0.4 is 4.74 Å². The highest BCUT2D eigenvalue weighted by Gasteiger charge is 2.45. The Kier molecular flexibility index (Phi) is 10.6. The number of ether oxygens (including phenoxy) is 2. The Morgan fingerprint density at radius 3 is 2.32 bits per heavy atom. The molecule has 1 aliphatic rings. The van der Waals surface area contributed by atoms with E-state index in [0.717, 1.165) is 24.5 Å². The van der Waals surface area contributed by atoms with Gasteiger partial charge in [-0.3, -0.25) is 4.79 Å². The van der Waals surface area contributed by atoms with Crippen LogP contribution >= 0.6 is 0 Å². The van der Waals surface area contributed by atoms with E-state index in [2.05, 4.69) is 25.1 Å². The molecule has 5 rings (SSSR count). The highest BCUT2D eigenvalue weighted by molar-refractivity contribution is 6.09. The van der Waals surface area contributed by atoms with Crippen LogP contribution in [-0.4, -0.2) is 79.7 Å². The molecule has 0 bridgehead atoms. The van der Waals surface area contributed by atoms with E-state index in [1.807, 2.05) is 36.4 Å². The number of aliphatic hydroxyl groups is 4. The predicted molar refractivity (Wildman–Crippen MR) is 174 cm³/mol. The summed E-state index contributed by atoms with van der Waals surface area (Å²) >= 11 is 0. The number of carboxylic acids is 1. The maximum atomic E-state index is 13.8. The van der Waals surface area contributed by atoms with Crippen molar-refractivity contribution < 1.29 is 49.7 Å². The fraction of sp³-hybridized carbons (Fsp3) is 0.351. The minimum absolute atomic E-state index is 0.00946. The number of hydrogen-bond donors (Lipinski definition) is 6. The van der Waals surface area contributed by atoms with Gasteiger partial charge in [0.05, 0.1) is 23.1 Å². The minimum Gasteiger partial charge on any atom is -0.506 e. The van der Waals surface area contributed by atoms with Crippen molar-refractivity contribution in [1.82, 2.24) is 0 Å². The molecule has 6 N–H and O–H groups in total. The normalized spacial score (nSPS) is 21.8. The van der Waals surface area contributed by atoms with Crippen LogP contribution in [0.15, 0.2) is 72.8 Å². The van der Waals surface area contributed by atoms with Crippen molar-refractivity contribution in [1.29, 1.82) is 0 Å². The first kappa shape index (κ1) is 34.0. The lowest BCUT2D eigenvalue weighted by Crippen LogP contribution is -2.60. The topological polar surface area (TPSA) is 174 Å². The molecule has 1 fully saturated rings. The SMILES string of the molecule is CC[C@H](Cc1ccccc1)c1ccccc1CCC(=O)c1c(C)cc2cc(C(=O)O)cc(O[C@@H]3O[C@H](CO)[C@@H](O)[C@H](O)[C@H]3O)c2c1O. The molecule has 0 aromatic heterocycles. The maximum absolute atomic E-state index is 13.8. The lowest BCUT2D eigenvalue weighted by atomic mass is 9.85. The first-order valence-electron chi connectivity index (χ1n) is 15.7. The Morgan fingerprint density at radius 2 is 1.64 bits per heavy atom. The number of Topliss-reactive ketones (excluding diaryl/α,β-unsaturated/α-hetero) is 1. The van der Waals surface area contributed by atoms with Crippen LogP contribution in [0.1, 0.15) is 68.7 Å². The van der Waals surface area contributed by atoms with Crippen molar-refractivity contribution in [3.05, 3.63) is 106 Å². The smallest absolute Gasteiger partial charge is 0.335 e. The lowest BCUT2D eigenvalue weighted by Gasteiger charge is -2.39. The molecule has 47 heavy (non-hydrogen) atoms. The molecule has 10 heteroatoms. The van der Waals surface area contributed by atoms with E-state index >= 15 is 0 Å². The number of aromatic carboxylic acids is 1. The summed E-state index contributed by atoms with van der Waals surface area (Å²) < 4.78 is 11.3. The molecule has 4 aromatic carbocycles. The standard InChI is InChI=1S/C37H40O10/c1-3-22(16-21-9-5-4-6-10-21)26-12-8-7-11-23(26)13-14-27(39)30-20(2)15-24-17-25(36(44)45)18-28(31(24)33(30)41)46-37-35(43)34(42)32(40)29(19-38)47-37/h4-12,15,17-18,22,29,32,34-35,37-38,40-43H,3,13-14,16,19H2,1-2H3,(H,44,45)/t22-,29-,32-,34+,35-,37-/m1/s1. The highest BCUT2D eigenvalue weighted by atomic mass is 16.7. The van der Waals surface area contributed by atoms with Crippen molar-refractivity contribution >= 4 is 22.5 Å². The van der Waals surface area contributed by atoms with Gasteiger partial charge >= 0.3 is 5.97 Å². The number of rotatable bonds is 12. The molecule has 0 unspecified atom stereocenters. The second-order valence-corrected chi connectivity index (χ2v) is 12.0. The summed E-state index contributed by atoms with van der Waals surface area (Å²) in [5, 5.41) is 62.1. The second kappa shape index (κ2) is 14.6. The number of ketones is 1. The molecule has 6 atom stereocenters. The number of aromatic hydroxyl groups is 1. The first-order chi connectivity index (χ1) is 22.5. The van der Waals surface area contributed by atoms with E-state index in [1.165, 1.54) is 17.2 Å². The van der Waals surface area contributed by atoms with Crippen molar-refractivity contribution in [2.45, 2.75) is 76.2 Å². The summed E-state index contributed by atoms with van der Waals surface area (Å²) in [5.41, 5.74) is 3.72. The van der Waals surface area contributed by atoms with Gasteiger partial charge in [-0.05, 0) is 71.9 Å². The van der Waals surface area contributed by atoms with Crippen LogP contribution in [0.2, 0.25) is 0 Å². The number of benzene rings is 4. The molecular weight excluding hydrogens is 604 g/mol. The number of fused-ring (bicyclic) bond motifs is 1. The van der Waals surface area contributed by atoms with Crippen LogP contribution in [-0.2, 0) is 17.6 Å². The van der Waals surface area contributed by atoms with Crippen LogP contribution in [0.4, 0.5) is 0 Å². The fourth-order valence-corrected chi connectivity index (χ4v) is 6.39. The maximum Gasteiger partial charge on any atom is 0.335 e. The molecule has 1 aliphatic heterocycles. The fourth-order valence-electron chi connectivity index (χ4n) is 6.39. The van der Waals surface area contributed by atoms with Crippen molar-refractivity contribution in [3.8, 4) is 11.5 Å². The lowest BCUT2D eigenvalue weighted by molar-refractivity contribution is -0.277. The number of carboxylic acid groups (broad SMARTS) is 1. The molecular formula is C37H40O10. The van der Waals surface area contributed by atoms with E-state index in [0.29, 0.717) is 12.0 Å². The van der Waals surface area contributed by atoms with Gasteiger partial charge in [-0.15, -0.1) is 0 Å². The van der Waals surface area contributed by atoms with Crippen molar-refractivity contribution in [3.63, 3.8) is 0 Å². The summed E-state index contributed by atoms with van der Waals surface area (Å²) in [6, 6.07) is 22.3. The van der Waals surface area contributed by atoms with Gasteiger partial charge in [0.15, 0.2) is 5.78 Å². The largest absolute Gasteiger partial charge is 0.506 e. The molecule has 0 saturated carbocycles. The summed E-state index contributed by atoms with van der Waals surface area (Å²) in [4.78, 5) is 25.7. The number of hydrogen-bond acceptors (Lipinski definition) is 9. The van der Waals surface area contributed by atoms with Gasteiger partial charge in [0.1, 0.15) is 35.9 Å². The Morgan fingerprint density at radius 1 is 0.936 bits per heavy atom. The Labute approximate surface area is 272 Å². The molecule has 0 aliphatic carbocycles. The third-order valence-electron chi connectivity index (χ3n) is 8.92. The summed E-state index contributed by atoms with van der Waals surface area (Å²) in [6.45, 7) is 3.10. The quantitative estimate of drug-likeness (QED) is 0.122. The number of carbonyl (C=O) groups is 2. The van der Waals surface area contributed by atoms with Crippen LogP contribution in [0.3, 0.4) is 0 Å². The van der Waals surface area contributed by atoms with E-state index in [9.17, 15) is 40.2 Å². The Hall–Kier alpha value is -4.32. The average molecular weight is 645 g/mol. The third kappa shape index (κ3) is 7.17. The zero-order chi connectivity index (χ0) is 33.8. The van der Waals surface area contributed by atoms with Gasteiger partial charge in [-0.25, -0.2) is 4.79 Å². The zero-order valence-corrected chi connectivity index (χ0v) is 26.2. The highest BCUT2D eigenvalue weighted by Crippen LogP contribution is 2.41. The number of phenolic OH excluding ortho intramolecular Hbond substituents is 1. The summed E-state index contributed by atoms with van der Waals surface area (Å²) in [5.74, 6) is -2.02. The number of phenols is 1. The van der Waals surface area contributed by atoms with Gasteiger partial charge in [0.2, 0.25) is 6.29 Å². The van der Waals surface area contributed by atoms with E-state index < -0.39 is 49.0 Å². The zero-order valence-electron chi connectivity index (χ0n) is 26.2. The minimum atomic E-state index is -1.78. The predicted octanol–water partition coefficient (Wildman–Crippen LogP) is 4.28. The van der Waals surface area contributed by atoms with Crippen LogP contribution in [0.5, 0.6) is 11.5 Å². The van der Waals surface area contributed by atoms with Crippen molar-refractivity contribution in [2.24, 2.45) is 0 Å². The van der Waals surface area contributed by atoms with Crippen LogP contribution in [0, 0.1) is 6.92 Å². The second-order valence-electron chi connectivity index (χ2n) is 12.0. The van der Waals surface area contributed by atoms with E-state index in [1.54, 1.807) is 13.0 Å². The summed E-state index contributed by atoms with van der Waals surface area (Å²) in [6.07, 6.45) is -5.76. The van der Waals surface area contributed by atoms with Gasteiger partial charge in [-0.2, -0.15) is 0 Å². The third-order valence-corrected chi connectivity index (χ3v) is 8.92. The first-order valence-corrected chi connectivity index (χ1v) is 15.7. The van der Waals surface area contributed by atoms with E-state index in [-0.39, 0.29) is 45.8 Å². The van der Waals surface area contributed by atoms with Crippen LogP contribution in [0.25, 0.3) is 10.8 Å². The molecule has 0 amide bonds. The Bertz CT molecular complexity index is 1730. The molecule has 0 radical (unpaired) electrons. The number of carbonyl (C=O) groups excluding carboxylic acids is 1. The molecule has 0 spiro atoms. The van der Waals surface area contributed by atoms with E-state index in [4.69, 9.17) is 9.47 Å². The monoisotopic (exact) mass is 644 g/mol. The molecule has 1 saturated heterocycles. The molecule has 10 nitrogen and oxygen atoms in total. The van der Waals surface area contributed by atoms with Gasteiger partial charge in [-0.1, -0.05) is 67.6 Å². The van der Waals surface area contributed by atoms with Crippen molar-refractivity contribution in [2.75, 3.05) is 6.61 Å². The summed E-state index contributed by atoms with van der Waals surface area (Å²) in [7, 11) is 0. The van der Waals surface area contributed by atoms with Gasteiger partial charge in [0.25, 0.3) is 0 Å². The molecule has 4 aromatic rings. The van der Waals surface area contributed by atoms with Gasteiger partial charge < -0.3 is 40.1 Å². The average Bonchev–Trinajstić information content (AvgIpc) is 3.06.